The minimum atomic E-state index is -0.344. The zero-order valence-corrected chi connectivity index (χ0v) is 14.9. The number of amides is 2. The Kier molecular flexibility index (Phi) is 6.16. The fourth-order valence-electron chi connectivity index (χ4n) is 2.09. The van der Waals surface area contributed by atoms with Crippen LogP contribution >= 0.6 is 11.3 Å². The van der Waals surface area contributed by atoms with Crippen molar-refractivity contribution in [2.45, 2.75) is 6.61 Å². The highest BCUT2D eigenvalue weighted by Crippen LogP contribution is 2.16. The number of halogens is 1. The fourth-order valence-corrected chi connectivity index (χ4v) is 2.78. The molecule has 0 atom stereocenters. The molecule has 0 aliphatic heterocycles. The third kappa shape index (κ3) is 5.38. The summed E-state index contributed by atoms with van der Waals surface area (Å²) in [6.45, 7) is 0.697. The van der Waals surface area contributed by atoms with Gasteiger partial charge in [-0.3, -0.25) is 9.59 Å². The molecule has 7 nitrogen and oxygen atoms in total. The van der Waals surface area contributed by atoms with E-state index >= 15 is 0 Å². The molecule has 3 aromatic rings. The van der Waals surface area contributed by atoms with E-state index in [-0.39, 0.29) is 48.8 Å². The summed E-state index contributed by atoms with van der Waals surface area (Å²) in [5, 5.41) is 7.54. The van der Waals surface area contributed by atoms with Crippen LogP contribution in [0.2, 0.25) is 0 Å². The van der Waals surface area contributed by atoms with Gasteiger partial charge in [-0.2, -0.15) is 0 Å². The van der Waals surface area contributed by atoms with Gasteiger partial charge in [-0.1, -0.05) is 0 Å². The first-order valence-corrected chi connectivity index (χ1v) is 8.92. The summed E-state index contributed by atoms with van der Waals surface area (Å²) in [7, 11) is 0. The second-order valence-electron chi connectivity index (χ2n) is 5.36. The fraction of sp³-hybridized carbons (Fsp3) is 0.167. The lowest BCUT2D eigenvalue weighted by Crippen LogP contribution is -2.34. The largest absolute Gasteiger partial charge is 0.486 e. The Morgan fingerprint density at radius 3 is 2.56 bits per heavy atom. The van der Waals surface area contributed by atoms with E-state index in [1.165, 1.54) is 41.9 Å². The summed E-state index contributed by atoms with van der Waals surface area (Å²) in [6.07, 6.45) is 1.41. The molecular formula is C18H16FN3O4S. The van der Waals surface area contributed by atoms with Crippen molar-refractivity contribution in [1.29, 1.82) is 0 Å². The lowest BCUT2D eigenvalue weighted by Gasteiger charge is -2.05. The number of nitrogens with zero attached hydrogens (tertiary/aromatic N) is 1. The van der Waals surface area contributed by atoms with E-state index in [0.717, 1.165) is 0 Å². The van der Waals surface area contributed by atoms with Gasteiger partial charge in [-0.25, -0.2) is 9.37 Å². The van der Waals surface area contributed by atoms with Crippen LogP contribution < -0.4 is 15.4 Å². The predicted octanol–water partition coefficient (Wildman–Crippen LogP) is 2.61. The van der Waals surface area contributed by atoms with Gasteiger partial charge < -0.3 is 19.8 Å². The van der Waals surface area contributed by atoms with Crippen molar-refractivity contribution in [2.24, 2.45) is 0 Å². The number of hydrogen-bond acceptors (Lipinski definition) is 6. The van der Waals surface area contributed by atoms with Gasteiger partial charge >= 0.3 is 0 Å². The first kappa shape index (κ1) is 18.6. The molecule has 0 saturated heterocycles. The third-order valence-electron chi connectivity index (χ3n) is 3.40. The van der Waals surface area contributed by atoms with Gasteiger partial charge in [0.2, 0.25) is 0 Å². The molecule has 2 aromatic heterocycles. The molecule has 2 heterocycles. The first-order chi connectivity index (χ1) is 13.1. The van der Waals surface area contributed by atoms with Gasteiger partial charge in [0.25, 0.3) is 11.8 Å². The Morgan fingerprint density at radius 2 is 1.85 bits per heavy atom. The molecule has 0 radical (unpaired) electrons. The number of carbonyl (C=O) groups excluding carboxylic acids is 2. The van der Waals surface area contributed by atoms with E-state index in [9.17, 15) is 14.0 Å². The number of benzene rings is 1. The van der Waals surface area contributed by atoms with Gasteiger partial charge in [0.1, 0.15) is 28.9 Å². The van der Waals surface area contributed by atoms with Crippen LogP contribution in [0.25, 0.3) is 0 Å². The highest BCUT2D eigenvalue weighted by Gasteiger charge is 2.12. The molecule has 0 aliphatic carbocycles. The van der Waals surface area contributed by atoms with Crippen molar-refractivity contribution < 1.29 is 23.1 Å². The second kappa shape index (κ2) is 8.95. The molecule has 2 N–H and O–H groups in total. The van der Waals surface area contributed by atoms with Crippen LogP contribution in [0, 0.1) is 5.82 Å². The number of rotatable bonds is 8. The Labute approximate surface area is 158 Å². The molecule has 1 aromatic carbocycles. The summed E-state index contributed by atoms with van der Waals surface area (Å²) >= 11 is 1.29. The highest BCUT2D eigenvalue weighted by atomic mass is 32.1. The van der Waals surface area contributed by atoms with E-state index in [1.807, 2.05) is 0 Å². The molecular weight excluding hydrogens is 373 g/mol. The predicted molar refractivity (Wildman–Crippen MR) is 96.2 cm³/mol. The lowest BCUT2D eigenvalue weighted by molar-refractivity contribution is 0.0909. The summed E-state index contributed by atoms with van der Waals surface area (Å²) in [5.41, 5.74) is 0.273. The molecule has 0 fully saturated rings. The van der Waals surface area contributed by atoms with Crippen LogP contribution in [-0.4, -0.2) is 29.9 Å². The van der Waals surface area contributed by atoms with E-state index < -0.39 is 0 Å². The molecule has 0 bridgehead atoms. The monoisotopic (exact) mass is 389 g/mol. The maximum atomic E-state index is 12.8. The maximum Gasteiger partial charge on any atom is 0.287 e. The van der Waals surface area contributed by atoms with Crippen LogP contribution in [0.5, 0.6) is 5.75 Å². The normalized spacial score (nSPS) is 10.4. The van der Waals surface area contributed by atoms with Crippen molar-refractivity contribution in [1.82, 2.24) is 15.6 Å². The quantitative estimate of drug-likeness (QED) is 0.578. The summed E-state index contributed by atoms with van der Waals surface area (Å²) < 4.78 is 23.3. The van der Waals surface area contributed by atoms with Crippen molar-refractivity contribution in [3.63, 3.8) is 0 Å². The third-order valence-corrected chi connectivity index (χ3v) is 4.22. The Hall–Kier alpha value is -3.20. The maximum absolute atomic E-state index is 12.8. The lowest BCUT2D eigenvalue weighted by atomic mass is 10.3. The number of furan rings is 1. The van der Waals surface area contributed by atoms with E-state index in [1.54, 1.807) is 17.5 Å². The van der Waals surface area contributed by atoms with Gasteiger partial charge in [-0.05, 0) is 36.4 Å². The topological polar surface area (TPSA) is 93.5 Å². The number of aromatic nitrogens is 1. The van der Waals surface area contributed by atoms with E-state index in [4.69, 9.17) is 9.15 Å². The molecule has 0 aliphatic rings. The minimum Gasteiger partial charge on any atom is -0.486 e. The van der Waals surface area contributed by atoms with Gasteiger partial charge in [0, 0.05) is 18.5 Å². The van der Waals surface area contributed by atoms with Crippen molar-refractivity contribution >= 4 is 23.2 Å². The standard InChI is InChI=1S/C18H16FN3O4S/c19-12-3-5-13(6-4-12)26-10-16-22-14(11-27-16)17(23)20-7-8-21-18(24)15-2-1-9-25-15/h1-6,9,11H,7-8,10H2,(H,20,23)(H,21,24). The Balaban J connectivity index is 1.40. The second-order valence-corrected chi connectivity index (χ2v) is 6.30. The van der Waals surface area contributed by atoms with Gasteiger partial charge in [-0.15, -0.1) is 11.3 Å². The smallest absolute Gasteiger partial charge is 0.287 e. The van der Waals surface area contributed by atoms with Crippen LogP contribution in [0.4, 0.5) is 4.39 Å². The minimum absolute atomic E-state index is 0.183. The Morgan fingerprint density at radius 1 is 1.11 bits per heavy atom. The van der Waals surface area contributed by atoms with Crippen LogP contribution in [0.1, 0.15) is 26.1 Å². The number of nitrogens with one attached hydrogen (secondary N) is 2. The zero-order valence-electron chi connectivity index (χ0n) is 14.1. The zero-order chi connectivity index (χ0) is 19.1. The van der Waals surface area contributed by atoms with Gasteiger partial charge in [0.05, 0.1) is 6.26 Å². The van der Waals surface area contributed by atoms with E-state index in [0.29, 0.717) is 10.8 Å². The van der Waals surface area contributed by atoms with Crippen molar-refractivity contribution in [2.75, 3.05) is 13.1 Å². The summed E-state index contributed by atoms with van der Waals surface area (Å²) in [5.74, 6) is -0.290. The van der Waals surface area contributed by atoms with Crippen LogP contribution in [-0.2, 0) is 6.61 Å². The Bertz CT molecular complexity index is 894. The van der Waals surface area contributed by atoms with Crippen LogP contribution in [0.15, 0.2) is 52.5 Å². The summed E-state index contributed by atoms with van der Waals surface area (Å²) in [6, 6.07) is 8.83. The molecule has 2 amide bonds. The first-order valence-electron chi connectivity index (χ1n) is 8.04. The molecule has 27 heavy (non-hydrogen) atoms. The molecule has 0 unspecified atom stereocenters. The van der Waals surface area contributed by atoms with Crippen molar-refractivity contribution in [3.8, 4) is 5.75 Å². The number of carbonyl (C=O) groups is 2. The molecule has 0 saturated carbocycles. The molecule has 3 rings (SSSR count). The molecule has 140 valence electrons. The highest BCUT2D eigenvalue weighted by molar-refractivity contribution is 7.09. The van der Waals surface area contributed by atoms with Crippen molar-refractivity contribution in [3.05, 3.63) is 70.3 Å². The SMILES string of the molecule is O=C(NCCNC(=O)c1ccco1)c1csc(COc2ccc(F)cc2)n1. The number of hydrogen-bond donors (Lipinski definition) is 2. The van der Waals surface area contributed by atoms with Crippen LogP contribution in [0.3, 0.4) is 0 Å². The number of thiazole rings is 1. The average Bonchev–Trinajstić information content (AvgIpc) is 3.36. The average molecular weight is 389 g/mol. The van der Waals surface area contributed by atoms with Gasteiger partial charge in [0.15, 0.2) is 5.76 Å². The molecule has 9 heteroatoms. The number of ether oxygens (including phenoxy) is 1. The molecule has 0 spiro atoms. The van der Waals surface area contributed by atoms with E-state index in [2.05, 4.69) is 15.6 Å². The summed E-state index contributed by atoms with van der Waals surface area (Å²) in [4.78, 5) is 27.9.